The number of aliphatic carboxylic acids is 1. The fourth-order valence-corrected chi connectivity index (χ4v) is 2.98. The summed E-state index contributed by atoms with van der Waals surface area (Å²) >= 11 is 3.28. The number of aromatic nitrogens is 4. The van der Waals surface area contributed by atoms with Gasteiger partial charge in [0.2, 0.25) is 5.88 Å². The zero-order valence-electron chi connectivity index (χ0n) is 15.2. The van der Waals surface area contributed by atoms with Gasteiger partial charge in [-0.2, -0.15) is 0 Å². The van der Waals surface area contributed by atoms with Gasteiger partial charge in [0.25, 0.3) is 5.91 Å². The molecule has 0 aliphatic carbocycles. The quantitative estimate of drug-likeness (QED) is 0.581. The van der Waals surface area contributed by atoms with Gasteiger partial charge in [0.15, 0.2) is 0 Å². The average molecular weight is 440 g/mol. The van der Waals surface area contributed by atoms with E-state index in [4.69, 9.17) is 9.84 Å². The van der Waals surface area contributed by atoms with E-state index in [-0.39, 0.29) is 12.8 Å². The maximum absolute atomic E-state index is 12.5. The molecule has 10 heteroatoms. The van der Waals surface area contributed by atoms with Gasteiger partial charge in [-0.1, -0.05) is 18.6 Å². The molecule has 0 saturated heterocycles. The molecule has 1 amide bonds. The standard InChI is InChI=1S/C17H22BrN5O4/c1-3-4-5-23-10-13(21-22-23)7-12(8-15(24)25)20-16(26)11-6-14(18)17(27-2)19-9-11/h6,9-10,12H,3-5,7-8H2,1-2H3,(H,20,26)(H,24,25). The number of rotatable bonds is 10. The van der Waals surface area contributed by atoms with Crippen LogP contribution in [0.3, 0.4) is 0 Å². The summed E-state index contributed by atoms with van der Waals surface area (Å²) in [6.07, 6.45) is 5.23. The lowest BCUT2D eigenvalue weighted by atomic mass is 10.1. The summed E-state index contributed by atoms with van der Waals surface area (Å²) in [4.78, 5) is 27.7. The third-order valence-electron chi connectivity index (χ3n) is 3.80. The summed E-state index contributed by atoms with van der Waals surface area (Å²) in [5.41, 5.74) is 0.927. The molecule has 9 nitrogen and oxygen atoms in total. The zero-order chi connectivity index (χ0) is 19.8. The topological polar surface area (TPSA) is 119 Å². The first-order chi connectivity index (χ1) is 12.9. The third kappa shape index (κ3) is 6.31. The zero-order valence-corrected chi connectivity index (χ0v) is 16.8. The average Bonchev–Trinajstić information content (AvgIpc) is 3.06. The number of carboxylic acid groups (broad SMARTS) is 1. The van der Waals surface area contributed by atoms with Crippen LogP contribution in [0.25, 0.3) is 0 Å². The van der Waals surface area contributed by atoms with Crippen molar-refractivity contribution in [1.29, 1.82) is 0 Å². The number of nitrogens with one attached hydrogen (secondary N) is 1. The lowest BCUT2D eigenvalue weighted by Gasteiger charge is -2.16. The predicted octanol–water partition coefficient (Wildman–Crippen LogP) is 2.06. The van der Waals surface area contributed by atoms with Gasteiger partial charge in [-0.05, 0) is 28.4 Å². The Morgan fingerprint density at radius 1 is 1.44 bits per heavy atom. The van der Waals surface area contributed by atoms with Gasteiger partial charge in [0.05, 0.1) is 29.3 Å². The Labute approximate surface area is 165 Å². The summed E-state index contributed by atoms with van der Waals surface area (Å²) < 4.78 is 7.30. The van der Waals surface area contributed by atoms with Gasteiger partial charge in [0.1, 0.15) is 0 Å². The number of unbranched alkanes of at least 4 members (excludes halogenated alkanes) is 1. The molecule has 1 atom stereocenters. The van der Waals surface area contributed by atoms with Crippen LogP contribution < -0.4 is 10.1 Å². The molecule has 27 heavy (non-hydrogen) atoms. The van der Waals surface area contributed by atoms with Gasteiger partial charge in [-0.3, -0.25) is 14.3 Å². The number of amides is 1. The number of methoxy groups -OCH3 is 1. The molecule has 0 aromatic carbocycles. The molecule has 0 spiro atoms. The van der Waals surface area contributed by atoms with Crippen molar-refractivity contribution in [3.63, 3.8) is 0 Å². The van der Waals surface area contributed by atoms with Crippen molar-refractivity contribution >= 4 is 27.8 Å². The molecule has 2 aromatic rings. The van der Waals surface area contributed by atoms with E-state index in [2.05, 4.69) is 43.5 Å². The van der Waals surface area contributed by atoms with Crippen molar-refractivity contribution in [2.45, 2.75) is 45.2 Å². The molecule has 146 valence electrons. The monoisotopic (exact) mass is 439 g/mol. The number of carboxylic acids is 1. The van der Waals surface area contributed by atoms with E-state index in [0.717, 1.165) is 19.4 Å². The van der Waals surface area contributed by atoms with Crippen molar-refractivity contribution in [2.75, 3.05) is 7.11 Å². The molecule has 2 aromatic heterocycles. The molecule has 0 radical (unpaired) electrons. The first kappa shape index (κ1) is 20.8. The van der Waals surface area contributed by atoms with E-state index >= 15 is 0 Å². The third-order valence-corrected chi connectivity index (χ3v) is 4.37. The second-order valence-electron chi connectivity index (χ2n) is 6.01. The molecule has 2 heterocycles. The van der Waals surface area contributed by atoms with E-state index in [1.54, 1.807) is 16.9 Å². The second kappa shape index (κ2) is 10.0. The minimum Gasteiger partial charge on any atom is -0.481 e. The highest BCUT2D eigenvalue weighted by Gasteiger charge is 2.20. The Morgan fingerprint density at radius 3 is 2.85 bits per heavy atom. The molecule has 2 rings (SSSR count). The van der Waals surface area contributed by atoms with E-state index in [1.807, 2.05) is 0 Å². The summed E-state index contributed by atoms with van der Waals surface area (Å²) in [7, 11) is 1.48. The van der Waals surface area contributed by atoms with Crippen LogP contribution in [-0.4, -0.2) is 50.1 Å². The van der Waals surface area contributed by atoms with Crippen LogP contribution in [0.4, 0.5) is 0 Å². The number of hydrogen-bond donors (Lipinski definition) is 2. The van der Waals surface area contributed by atoms with Crippen molar-refractivity contribution in [3.8, 4) is 5.88 Å². The van der Waals surface area contributed by atoms with Crippen molar-refractivity contribution in [3.05, 3.63) is 34.2 Å². The lowest BCUT2D eigenvalue weighted by molar-refractivity contribution is -0.137. The van der Waals surface area contributed by atoms with Crippen LogP contribution in [0.2, 0.25) is 0 Å². The molecular weight excluding hydrogens is 418 g/mol. The van der Waals surface area contributed by atoms with Crippen molar-refractivity contribution in [2.24, 2.45) is 0 Å². The highest BCUT2D eigenvalue weighted by Crippen LogP contribution is 2.22. The first-order valence-electron chi connectivity index (χ1n) is 8.54. The molecule has 0 fully saturated rings. The van der Waals surface area contributed by atoms with Crippen LogP contribution in [0, 0.1) is 0 Å². The SMILES string of the molecule is CCCCn1cc(CC(CC(=O)O)NC(=O)c2cnc(OC)c(Br)c2)nn1. The van der Waals surface area contributed by atoms with Gasteiger partial charge >= 0.3 is 5.97 Å². The summed E-state index contributed by atoms with van der Waals surface area (Å²) in [5.74, 6) is -1.07. The number of halogens is 1. The Balaban J connectivity index is 2.07. The fourth-order valence-electron chi connectivity index (χ4n) is 2.47. The number of carbonyl (C=O) groups excluding carboxylic acids is 1. The van der Waals surface area contributed by atoms with Crippen LogP contribution in [0.15, 0.2) is 22.9 Å². The molecule has 2 N–H and O–H groups in total. The van der Waals surface area contributed by atoms with Gasteiger partial charge in [-0.25, -0.2) is 4.98 Å². The smallest absolute Gasteiger partial charge is 0.305 e. The Morgan fingerprint density at radius 2 is 2.22 bits per heavy atom. The molecule has 0 aliphatic rings. The van der Waals surface area contributed by atoms with Crippen molar-refractivity contribution < 1.29 is 19.4 Å². The Bertz CT molecular complexity index is 795. The molecule has 0 saturated carbocycles. The van der Waals surface area contributed by atoms with Crippen LogP contribution in [-0.2, 0) is 17.8 Å². The Hall–Kier alpha value is -2.49. The molecular formula is C17H22BrN5O4. The van der Waals surface area contributed by atoms with Crippen LogP contribution >= 0.6 is 15.9 Å². The number of hydrogen-bond acceptors (Lipinski definition) is 6. The fraction of sp³-hybridized carbons (Fsp3) is 0.471. The van der Waals surface area contributed by atoms with Gasteiger partial charge in [-0.15, -0.1) is 5.10 Å². The molecule has 0 aliphatic heterocycles. The van der Waals surface area contributed by atoms with Crippen molar-refractivity contribution in [1.82, 2.24) is 25.3 Å². The van der Waals surface area contributed by atoms with Crippen LogP contribution in [0.1, 0.15) is 42.2 Å². The minimum atomic E-state index is -1.01. The maximum atomic E-state index is 12.5. The predicted molar refractivity (Wildman–Crippen MR) is 101 cm³/mol. The highest BCUT2D eigenvalue weighted by molar-refractivity contribution is 9.10. The van der Waals surface area contributed by atoms with E-state index in [1.165, 1.54) is 13.3 Å². The van der Waals surface area contributed by atoms with E-state index < -0.39 is 17.9 Å². The summed E-state index contributed by atoms with van der Waals surface area (Å²) in [6.45, 7) is 2.84. The number of aryl methyl sites for hydroxylation is 1. The van der Waals surface area contributed by atoms with Crippen LogP contribution in [0.5, 0.6) is 5.88 Å². The van der Waals surface area contributed by atoms with E-state index in [9.17, 15) is 9.59 Å². The Kier molecular flexibility index (Phi) is 7.71. The summed E-state index contributed by atoms with van der Waals surface area (Å²) in [5, 5.41) is 20.0. The minimum absolute atomic E-state index is 0.224. The number of ether oxygens (including phenoxy) is 1. The molecule has 1 unspecified atom stereocenters. The molecule has 0 bridgehead atoms. The maximum Gasteiger partial charge on any atom is 0.305 e. The first-order valence-corrected chi connectivity index (χ1v) is 9.33. The normalized spacial score (nSPS) is 11.8. The largest absolute Gasteiger partial charge is 0.481 e. The number of pyridine rings is 1. The number of nitrogens with zero attached hydrogens (tertiary/aromatic N) is 4. The second-order valence-corrected chi connectivity index (χ2v) is 6.87. The van der Waals surface area contributed by atoms with Gasteiger partial charge in [0, 0.05) is 31.4 Å². The highest BCUT2D eigenvalue weighted by atomic mass is 79.9. The van der Waals surface area contributed by atoms with Gasteiger partial charge < -0.3 is 15.2 Å². The number of carbonyl (C=O) groups is 2. The summed E-state index contributed by atoms with van der Waals surface area (Å²) in [6, 6.07) is 0.951. The lowest BCUT2D eigenvalue weighted by Crippen LogP contribution is -2.38. The van der Waals surface area contributed by atoms with E-state index in [0.29, 0.717) is 21.6 Å².